The fourth-order valence-corrected chi connectivity index (χ4v) is 3.07. The highest BCUT2D eigenvalue weighted by Crippen LogP contribution is 2.30. The summed E-state index contributed by atoms with van der Waals surface area (Å²) in [7, 11) is 0. The third kappa shape index (κ3) is 2.56. The quantitative estimate of drug-likeness (QED) is 0.797. The fraction of sp³-hybridized carbons (Fsp3) is 0.467. The maximum Gasteiger partial charge on any atom is 0.0998 e. The minimum absolute atomic E-state index is 0. The van der Waals surface area contributed by atoms with Gasteiger partial charge in [-0.15, -0.1) is 0 Å². The predicted octanol–water partition coefficient (Wildman–Crippen LogP) is 0.0960. The van der Waals surface area contributed by atoms with Gasteiger partial charge in [-0.2, -0.15) is 0 Å². The van der Waals surface area contributed by atoms with Crippen LogP contribution in [0.5, 0.6) is 0 Å². The summed E-state index contributed by atoms with van der Waals surface area (Å²) in [5.74, 6) is 0.954. The van der Waals surface area contributed by atoms with Crippen molar-refractivity contribution in [2.45, 2.75) is 44.7 Å². The fourth-order valence-electron chi connectivity index (χ4n) is 3.07. The molecule has 2 aliphatic rings. The lowest BCUT2D eigenvalue weighted by Gasteiger charge is -2.38. The molecule has 1 aromatic rings. The zero-order valence-electron chi connectivity index (χ0n) is 10.6. The third-order valence-electron chi connectivity index (χ3n) is 4.05. The van der Waals surface area contributed by atoms with E-state index in [1.165, 1.54) is 43.2 Å². The van der Waals surface area contributed by atoms with Gasteiger partial charge in [-0.25, -0.2) is 0 Å². The molecule has 1 heterocycles. The second-order valence-electron chi connectivity index (χ2n) is 5.19. The Morgan fingerprint density at radius 2 is 1.78 bits per heavy atom. The second-order valence-corrected chi connectivity index (χ2v) is 5.19. The molecule has 1 fully saturated rings. The van der Waals surface area contributed by atoms with Gasteiger partial charge in [0, 0.05) is 12.6 Å². The number of hydrogen-bond donors (Lipinski definition) is 1. The van der Waals surface area contributed by atoms with Gasteiger partial charge in [-0.1, -0.05) is 43.5 Å². The molecule has 0 aromatic heterocycles. The lowest BCUT2D eigenvalue weighted by Crippen LogP contribution is -3.00. The van der Waals surface area contributed by atoms with Crippen LogP contribution < -0.4 is 22.7 Å². The van der Waals surface area contributed by atoms with Crippen LogP contribution in [0.4, 0.5) is 0 Å². The molecule has 2 N–H and O–H groups in total. The minimum atomic E-state index is 0. The van der Waals surface area contributed by atoms with Crippen molar-refractivity contribution in [3.05, 3.63) is 41.2 Å². The normalized spacial score (nSPS) is 19.8. The number of rotatable bonds is 1. The van der Waals surface area contributed by atoms with Crippen molar-refractivity contribution in [1.82, 2.24) is 4.90 Å². The van der Waals surface area contributed by atoms with Gasteiger partial charge in [0.2, 0.25) is 0 Å². The predicted molar refractivity (Wildman–Crippen MR) is 71.0 cm³/mol. The first kappa shape index (κ1) is 13.5. The minimum Gasteiger partial charge on any atom is -1.00 e. The highest BCUT2D eigenvalue weighted by Gasteiger charge is 2.24. The lowest BCUT2D eigenvalue weighted by molar-refractivity contribution is -0.00000366. The molecule has 0 unspecified atom stereocenters. The van der Waals surface area contributed by atoms with E-state index in [0.717, 1.165) is 12.4 Å². The molecule has 1 saturated carbocycles. The molecule has 2 nitrogen and oxygen atoms in total. The molecule has 0 amide bonds. The van der Waals surface area contributed by atoms with Crippen LogP contribution in [-0.4, -0.2) is 10.9 Å². The molecule has 3 rings (SSSR count). The number of nitrogens with zero attached hydrogens (tertiary/aromatic N) is 1. The summed E-state index contributed by atoms with van der Waals surface area (Å²) in [5, 5.41) is 0. The van der Waals surface area contributed by atoms with Gasteiger partial charge in [0.05, 0.1) is 5.82 Å². The number of fused-ring (bicyclic) bond motifs is 1. The standard InChI is InChI=1S/C15H20N2.BrH/c16-15-10-12-6-4-5-7-13(12)11-17(15)14-8-2-1-3-9-14;/h4-7,10,14H,1-3,8-9,11,16H2;1H/p-1. The van der Waals surface area contributed by atoms with Gasteiger partial charge in [0.1, 0.15) is 0 Å². The molecule has 0 bridgehead atoms. The second kappa shape index (κ2) is 5.79. The average Bonchev–Trinajstić information content (AvgIpc) is 2.39. The van der Waals surface area contributed by atoms with Crippen molar-refractivity contribution >= 4 is 6.08 Å². The Labute approximate surface area is 120 Å². The van der Waals surface area contributed by atoms with Gasteiger partial charge in [0.25, 0.3) is 0 Å². The first-order valence-electron chi connectivity index (χ1n) is 6.66. The highest BCUT2D eigenvalue weighted by molar-refractivity contribution is 5.58. The summed E-state index contributed by atoms with van der Waals surface area (Å²) in [6.45, 7) is 0.989. The molecule has 0 spiro atoms. The van der Waals surface area contributed by atoms with Gasteiger partial charge >= 0.3 is 0 Å². The molecule has 1 aliphatic heterocycles. The summed E-state index contributed by atoms with van der Waals surface area (Å²) < 4.78 is 0. The topological polar surface area (TPSA) is 29.3 Å². The smallest absolute Gasteiger partial charge is 0.0998 e. The van der Waals surface area contributed by atoms with Gasteiger partial charge in [-0.05, 0) is 30.0 Å². The van der Waals surface area contributed by atoms with Crippen LogP contribution in [0.25, 0.3) is 6.08 Å². The Hall–Kier alpha value is -0.960. The molecule has 1 aromatic carbocycles. The Bertz CT molecular complexity index is 436. The summed E-state index contributed by atoms with van der Waals surface area (Å²) in [6, 6.07) is 9.23. The number of hydrogen-bond acceptors (Lipinski definition) is 2. The van der Waals surface area contributed by atoms with Crippen LogP contribution in [0.2, 0.25) is 0 Å². The van der Waals surface area contributed by atoms with E-state index in [1.54, 1.807) is 0 Å². The maximum atomic E-state index is 6.21. The molecule has 0 saturated heterocycles. The Balaban J connectivity index is 0.00000120. The zero-order chi connectivity index (χ0) is 11.7. The average molecular weight is 308 g/mol. The van der Waals surface area contributed by atoms with Gasteiger partial charge in [-0.3, -0.25) is 0 Å². The molecule has 1 aliphatic carbocycles. The first-order valence-corrected chi connectivity index (χ1v) is 6.66. The molecule has 18 heavy (non-hydrogen) atoms. The van der Waals surface area contributed by atoms with Crippen LogP contribution in [0, 0.1) is 0 Å². The highest BCUT2D eigenvalue weighted by atomic mass is 79.9. The van der Waals surface area contributed by atoms with Crippen molar-refractivity contribution < 1.29 is 17.0 Å². The van der Waals surface area contributed by atoms with Crippen LogP contribution in [0.3, 0.4) is 0 Å². The SMILES string of the molecule is NC1=Cc2ccccc2CN1C1CCCCC1.[Br-]. The Morgan fingerprint density at radius 3 is 2.56 bits per heavy atom. The van der Waals surface area contributed by atoms with Crippen LogP contribution in [0.15, 0.2) is 30.1 Å². The molecule has 98 valence electrons. The van der Waals surface area contributed by atoms with E-state index in [-0.39, 0.29) is 17.0 Å². The zero-order valence-corrected chi connectivity index (χ0v) is 12.2. The van der Waals surface area contributed by atoms with E-state index >= 15 is 0 Å². The van der Waals surface area contributed by atoms with Crippen LogP contribution >= 0.6 is 0 Å². The molecule has 0 radical (unpaired) electrons. The van der Waals surface area contributed by atoms with E-state index in [2.05, 4.69) is 35.2 Å². The van der Waals surface area contributed by atoms with Crippen LogP contribution in [0.1, 0.15) is 43.2 Å². The van der Waals surface area contributed by atoms with E-state index in [0.29, 0.717) is 6.04 Å². The number of benzene rings is 1. The molecular weight excluding hydrogens is 288 g/mol. The van der Waals surface area contributed by atoms with Crippen molar-refractivity contribution in [3.63, 3.8) is 0 Å². The molecule has 3 heteroatoms. The maximum absolute atomic E-state index is 6.21. The van der Waals surface area contributed by atoms with E-state index < -0.39 is 0 Å². The summed E-state index contributed by atoms with van der Waals surface area (Å²) in [4.78, 5) is 2.40. The number of halogens is 1. The van der Waals surface area contributed by atoms with Gasteiger partial charge < -0.3 is 27.6 Å². The third-order valence-corrected chi connectivity index (χ3v) is 4.05. The van der Waals surface area contributed by atoms with Crippen LogP contribution in [-0.2, 0) is 6.54 Å². The lowest BCUT2D eigenvalue weighted by atomic mass is 9.92. The van der Waals surface area contributed by atoms with E-state index in [9.17, 15) is 0 Å². The summed E-state index contributed by atoms with van der Waals surface area (Å²) >= 11 is 0. The first-order chi connectivity index (χ1) is 8.34. The van der Waals surface area contributed by atoms with E-state index in [4.69, 9.17) is 5.73 Å². The van der Waals surface area contributed by atoms with Crippen molar-refractivity contribution in [2.24, 2.45) is 5.73 Å². The van der Waals surface area contributed by atoms with E-state index in [1.807, 2.05) is 0 Å². The molecule has 0 atom stereocenters. The summed E-state index contributed by atoms with van der Waals surface area (Å²) in [6.07, 6.45) is 8.84. The van der Waals surface area contributed by atoms with Crippen molar-refractivity contribution in [2.75, 3.05) is 0 Å². The largest absolute Gasteiger partial charge is 1.00 e. The Morgan fingerprint density at radius 1 is 1.06 bits per heavy atom. The Kier molecular flexibility index (Phi) is 4.33. The van der Waals surface area contributed by atoms with Crippen molar-refractivity contribution in [1.29, 1.82) is 0 Å². The van der Waals surface area contributed by atoms with Crippen molar-refractivity contribution in [3.8, 4) is 0 Å². The monoisotopic (exact) mass is 307 g/mol. The molecular formula is C15H20BrN2-. The summed E-state index contributed by atoms with van der Waals surface area (Å²) in [5.41, 5.74) is 8.91. The number of nitrogens with two attached hydrogens (primary N) is 1. The van der Waals surface area contributed by atoms with Gasteiger partial charge in [0.15, 0.2) is 0 Å².